The average molecular weight is 242 g/mol. The Labute approximate surface area is 98.6 Å². The van der Waals surface area contributed by atoms with Gasteiger partial charge in [0.15, 0.2) is 6.29 Å². The average Bonchev–Trinajstić information content (AvgIpc) is 2.29. The molecule has 0 aliphatic carbocycles. The van der Waals surface area contributed by atoms with Crippen molar-refractivity contribution in [1.29, 1.82) is 0 Å². The fraction of sp³-hybridized carbons (Fsp3) is 0.364. The molecule has 4 heteroatoms. The molecule has 0 saturated carbocycles. The van der Waals surface area contributed by atoms with Crippen LogP contribution in [0, 0.1) is 0 Å². The van der Waals surface area contributed by atoms with Crippen LogP contribution in [0.3, 0.4) is 0 Å². The Morgan fingerprint density at radius 3 is 2.73 bits per heavy atom. The molecule has 0 spiro atoms. The highest BCUT2D eigenvalue weighted by Crippen LogP contribution is 2.30. The minimum Gasteiger partial charge on any atom is -0.368 e. The summed E-state index contributed by atoms with van der Waals surface area (Å²) in [5.41, 5.74) is 1.59. The van der Waals surface area contributed by atoms with E-state index in [2.05, 4.69) is 4.90 Å². The zero-order chi connectivity index (χ0) is 10.7. The van der Waals surface area contributed by atoms with E-state index < -0.39 is 0 Å². The first-order valence-electron chi connectivity index (χ1n) is 4.89. The number of rotatable bonds is 2. The third-order valence-electron chi connectivity index (χ3n) is 2.47. The van der Waals surface area contributed by atoms with E-state index in [0.717, 1.165) is 36.6 Å². The number of carbonyl (C=O) groups is 1. The van der Waals surface area contributed by atoms with Gasteiger partial charge in [0.1, 0.15) is 0 Å². The minimum absolute atomic E-state index is 0.673. The van der Waals surface area contributed by atoms with Crippen molar-refractivity contribution >= 4 is 35.3 Å². The molecule has 0 N–H and O–H groups in total. The second-order valence-corrected chi connectivity index (χ2v) is 5.03. The van der Waals surface area contributed by atoms with E-state index in [4.69, 9.17) is 11.6 Å². The molecule has 0 atom stereocenters. The van der Waals surface area contributed by atoms with Crippen LogP contribution >= 0.6 is 23.4 Å². The van der Waals surface area contributed by atoms with Crippen LogP contribution in [0.4, 0.5) is 5.69 Å². The van der Waals surface area contributed by atoms with E-state index in [9.17, 15) is 4.79 Å². The van der Waals surface area contributed by atoms with E-state index in [1.54, 1.807) is 0 Å². The van der Waals surface area contributed by atoms with E-state index in [1.165, 1.54) is 0 Å². The molecule has 1 saturated heterocycles. The number of hydrogen-bond donors (Lipinski definition) is 0. The topological polar surface area (TPSA) is 20.3 Å². The summed E-state index contributed by atoms with van der Waals surface area (Å²) in [5.74, 6) is 2.20. The summed E-state index contributed by atoms with van der Waals surface area (Å²) in [6, 6.07) is 5.47. The van der Waals surface area contributed by atoms with Crippen molar-refractivity contribution < 1.29 is 4.79 Å². The predicted molar refractivity (Wildman–Crippen MR) is 66.4 cm³/mol. The first-order chi connectivity index (χ1) is 7.33. The van der Waals surface area contributed by atoms with Crippen LogP contribution in [0.15, 0.2) is 18.2 Å². The highest BCUT2D eigenvalue weighted by molar-refractivity contribution is 7.99. The molecule has 0 unspecified atom stereocenters. The smallest absolute Gasteiger partial charge is 0.152 e. The van der Waals surface area contributed by atoms with Gasteiger partial charge in [0, 0.05) is 30.2 Å². The molecule has 1 aromatic carbocycles. The number of carbonyl (C=O) groups excluding carboxylic acids is 1. The van der Waals surface area contributed by atoms with Gasteiger partial charge >= 0.3 is 0 Å². The number of anilines is 1. The van der Waals surface area contributed by atoms with Crippen LogP contribution in [0.2, 0.25) is 5.02 Å². The van der Waals surface area contributed by atoms with Gasteiger partial charge in [-0.2, -0.15) is 11.8 Å². The zero-order valence-corrected chi connectivity index (χ0v) is 9.85. The van der Waals surface area contributed by atoms with E-state index in [0.29, 0.717) is 10.6 Å². The van der Waals surface area contributed by atoms with Crippen LogP contribution in [-0.4, -0.2) is 30.9 Å². The molecule has 1 aliphatic heterocycles. The second kappa shape index (κ2) is 4.90. The number of hydrogen-bond acceptors (Lipinski definition) is 3. The van der Waals surface area contributed by atoms with Crippen molar-refractivity contribution in [1.82, 2.24) is 0 Å². The van der Waals surface area contributed by atoms with Gasteiger partial charge in [-0.05, 0) is 12.1 Å². The van der Waals surface area contributed by atoms with Gasteiger partial charge in [-0.1, -0.05) is 17.7 Å². The Bertz CT molecular complexity index is 364. The Morgan fingerprint density at radius 1 is 1.33 bits per heavy atom. The summed E-state index contributed by atoms with van der Waals surface area (Å²) in [5, 5.41) is 0.673. The lowest BCUT2D eigenvalue weighted by Gasteiger charge is -2.30. The third-order valence-corrected chi connectivity index (χ3v) is 3.72. The molecule has 1 aliphatic rings. The summed E-state index contributed by atoms with van der Waals surface area (Å²) in [6.45, 7) is 1.94. The second-order valence-electron chi connectivity index (χ2n) is 3.39. The SMILES string of the molecule is O=Cc1cccc(Cl)c1N1CCSCC1. The normalized spacial score (nSPS) is 16.5. The lowest BCUT2D eigenvalue weighted by molar-refractivity contribution is 0.112. The Balaban J connectivity index is 2.35. The number of aldehydes is 1. The fourth-order valence-corrected chi connectivity index (χ4v) is 2.95. The van der Waals surface area contributed by atoms with Crippen molar-refractivity contribution in [2.75, 3.05) is 29.5 Å². The van der Waals surface area contributed by atoms with E-state index in [1.807, 2.05) is 30.0 Å². The highest BCUT2D eigenvalue weighted by Gasteiger charge is 2.16. The molecule has 15 heavy (non-hydrogen) atoms. The summed E-state index contributed by atoms with van der Waals surface area (Å²) >= 11 is 8.07. The summed E-state index contributed by atoms with van der Waals surface area (Å²) in [6.07, 6.45) is 0.878. The summed E-state index contributed by atoms with van der Waals surface area (Å²) in [4.78, 5) is 13.1. The maximum atomic E-state index is 10.9. The maximum absolute atomic E-state index is 10.9. The lowest BCUT2D eigenvalue weighted by Crippen LogP contribution is -2.33. The van der Waals surface area contributed by atoms with Crippen molar-refractivity contribution in [3.05, 3.63) is 28.8 Å². The molecule has 1 aromatic rings. The van der Waals surface area contributed by atoms with Crippen LogP contribution < -0.4 is 4.90 Å². The van der Waals surface area contributed by atoms with E-state index >= 15 is 0 Å². The molecule has 0 bridgehead atoms. The van der Waals surface area contributed by atoms with Gasteiger partial charge in [-0.3, -0.25) is 4.79 Å². The molecule has 1 heterocycles. The van der Waals surface area contributed by atoms with Crippen molar-refractivity contribution in [3.63, 3.8) is 0 Å². The number of benzene rings is 1. The maximum Gasteiger partial charge on any atom is 0.152 e. The van der Waals surface area contributed by atoms with Gasteiger partial charge in [-0.25, -0.2) is 0 Å². The van der Waals surface area contributed by atoms with Crippen LogP contribution in [0.1, 0.15) is 10.4 Å². The Kier molecular flexibility index (Phi) is 3.54. The monoisotopic (exact) mass is 241 g/mol. The largest absolute Gasteiger partial charge is 0.368 e. The number of nitrogens with zero attached hydrogens (tertiary/aromatic N) is 1. The van der Waals surface area contributed by atoms with Crippen LogP contribution in [-0.2, 0) is 0 Å². The number of thioether (sulfide) groups is 1. The van der Waals surface area contributed by atoms with Crippen LogP contribution in [0.5, 0.6) is 0 Å². The molecule has 0 radical (unpaired) electrons. The molecular formula is C11H12ClNOS. The first-order valence-corrected chi connectivity index (χ1v) is 6.42. The molecule has 1 fully saturated rings. The van der Waals surface area contributed by atoms with Gasteiger partial charge in [0.25, 0.3) is 0 Å². The van der Waals surface area contributed by atoms with Crippen molar-refractivity contribution in [3.8, 4) is 0 Å². The van der Waals surface area contributed by atoms with Gasteiger partial charge in [-0.15, -0.1) is 0 Å². The molecule has 80 valence electrons. The van der Waals surface area contributed by atoms with Gasteiger partial charge in [0.05, 0.1) is 10.7 Å². The third kappa shape index (κ3) is 2.29. The van der Waals surface area contributed by atoms with Crippen molar-refractivity contribution in [2.45, 2.75) is 0 Å². The van der Waals surface area contributed by atoms with Gasteiger partial charge in [0.2, 0.25) is 0 Å². The standard InChI is InChI=1S/C11H12ClNOS/c12-10-3-1-2-9(8-14)11(10)13-4-6-15-7-5-13/h1-3,8H,4-7H2. The fourth-order valence-electron chi connectivity index (χ4n) is 1.75. The Hall–Kier alpha value is -0.670. The molecule has 2 rings (SSSR count). The molecule has 2 nitrogen and oxygen atoms in total. The minimum atomic E-state index is 0.673. The highest BCUT2D eigenvalue weighted by atomic mass is 35.5. The first kappa shape index (κ1) is 10.8. The van der Waals surface area contributed by atoms with Gasteiger partial charge < -0.3 is 4.90 Å². The quantitative estimate of drug-likeness (QED) is 0.743. The van der Waals surface area contributed by atoms with Crippen molar-refractivity contribution in [2.24, 2.45) is 0 Å². The summed E-state index contributed by atoms with van der Waals surface area (Å²) in [7, 11) is 0. The van der Waals surface area contributed by atoms with Crippen LogP contribution in [0.25, 0.3) is 0 Å². The zero-order valence-electron chi connectivity index (χ0n) is 8.28. The number of halogens is 1. The lowest BCUT2D eigenvalue weighted by atomic mass is 10.1. The predicted octanol–water partition coefficient (Wildman–Crippen LogP) is 2.71. The molecule has 0 amide bonds. The summed E-state index contributed by atoms with van der Waals surface area (Å²) < 4.78 is 0. The number of para-hydroxylation sites is 1. The molecule has 0 aromatic heterocycles. The Morgan fingerprint density at radius 2 is 2.07 bits per heavy atom. The van der Waals surface area contributed by atoms with E-state index in [-0.39, 0.29) is 0 Å². The molecular weight excluding hydrogens is 230 g/mol.